The Morgan fingerprint density at radius 2 is 1.60 bits per heavy atom. The average molecular weight is 329 g/mol. The number of benzene rings is 2. The lowest BCUT2D eigenvalue weighted by atomic mass is 9.86. The van der Waals surface area contributed by atoms with Crippen molar-refractivity contribution in [1.82, 2.24) is 4.90 Å². The van der Waals surface area contributed by atoms with Crippen LogP contribution in [-0.2, 0) is 0 Å². The average Bonchev–Trinajstić information content (AvgIpc) is 2.63. The predicted molar refractivity (Wildman–Crippen MR) is 107 cm³/mol. The van der Waals surface area contributed by atoms with Crippen molar-refractivity contribution in [3.8, 4) is 0 Å². The molecule has 25 heavy (non-hydrogen) atoms. The highest BCUT2D eigenvalue weighted by molar-refractivity contribution is 5.78. The van der Waals surface area contributed by atoms with Crippen LogP contribution in [0.1, 0.15) is 48.8 Å². The predicted octanol–water partition coefficient (Wildman–Crippen LogP) is 5.78. The first-order chi connectivity index (χ1) is 12.3. The van der Waals surface area contributed by atoms with Gasteiger partial charge in [0.1, 0.15) is 0 Å². The minimum atomic E-state index is 0.696. The SMILES string of the molecule is C=C(c1ccccc1)c1ccc(C=C2CCCCC2N2CCC2)cc1. The summed E-state index contributed by atoms with van der Waals surface area (Å²) < 4.78 is 0. The van der Waals surface area contributed by atoms with Crippen LogP contribution in [0.15, 0.2) is 66.7 Å². The molecule has 1 atom stereocenters. The second kappa shape index (κ2) is 7.41. The Hall–Kier alpha value is -2.12. The topological polar surface area (TPSA) is 3.24 Å². The van der Waals surface area contributed by atoms with Crippen LogP contribution >= 0.6 is 0 Å². The van der Waals surface area contributed by atoms with Gasteiger partial charge in [-0.2, -0.15) is 0 Å². The first kappa shape index (κ1) is 16.4. The van der Waals surface area contributed by atoms with Gasteiger partial charge in [-0.15, -0.1) is 0 Å². The fraction of sp³-hybridized carbons (Fsp3) is 0.333. The molecule has 0 spiro atoms. The number of likely N-dealkylation sites (tertiary alicyclic amines) is 1. The third-order valence-electron chi connectivity index (χ3n) is 5.69. The van der Waals surface area contributed by atoms with Crippen molar-refractivity contribution in [2.24, 2.45) is 0 Å². The van der Waals surface area contributed by atoms with E-state index in [0.717, 1.165) is 5.57 Å². The van der Waals surface area contributed by atoms with Crippen molar-refractivity contribution in [2.75, 3.05) is 13.1 Å². The zero-order chi connectivity index (χ0) is 17.1. The summed E-state index contributed by atoms with van der Waals surface area (Å²) in [5.41, 5.74) is 6.46. The number of rotatable bonds is 4. The van der Waals surface area contributed by atoms with E-state index < -0.39 is 0 Å². The molecule has 4 rings (SSSR count). The van der Waals surface area contributed by atoms with Gasteiger partial charge in [0.15, 0.2) is 0 Å². The minimum Gasteiger partial charge on any atom is -0.297 e. The van der Waals surface area contributed by atoms with Crippen LogP contribution in [0.2, 0.25) is 0 Å². The van der Waals surface area contributed by atoms with Crippen molar-refractivity contribution < 1.29 is 0 Å². The summed E-state index contributed by atoms with van der Waals surface area (Å²) in [5.74, 6) is 0. The molecule has 2 aromatic carbocycles. The Morgan fingerprint density at radius 1 is 0.880 bits per heavy atom. The van der Waals surface area contributed by atoms with E-state index >= 15 is 0 Å². The van der Waals surface area contributed by atoms with E-state index in [1.54, 1.807) is 5.57 Å². The second-order valence-electron chi connectivity index (χ2n) is 7.34. The Morgan fingerprint density at radius 3 is 2.28 bits per heavy atom. The zero-order valence-corrected chi connectivity index (χ0v) is 15.0. The van der Waals surface area contributed by atoms with Crippen molar-refractivity contribution in [3.05, 3.63) is 83.4 Å². The molecule has 1 saturated carbocycles. The van der Waals surface area contributed by atoms with Gasteiger partial charge in [-0.1, -0.05) is 79.2 Å². The lowest BCUT2D eigenvalue weighted by molar-refractivity contribution is 0.121. The normalized spacial score (nSPS) is 22.6. The molecule has 0 aromatic heterocycles. The van der Waals surface area contributed by atoms with Crippen LogP contribution < -0.4 is 0 Å². The minimum absolute atomic E-state index is 0.696. The van der Waals surface area contributed by atoms with Gasteiger partial charge in [-0.05, 0) is 61.0 Å². The summed E-state index contributed by atoms with van der Waals surface area (Å²) in [6.07, 6.45) is 9.15. The Labute approximate surface area is 151 Å². The van der Waals surface area contributed by atoms with Gasteiger partial charge in [0.05, 0.1) is 0 Å². The van der Waals surface area contributed by atoms with Crippen LogP contribution in [0.4, 0.5) is 0 Å². The van der Waals surface area contributed by atoms with Gasteiger partial charge >= 0.3 is 0 Å². The molecule has 1 saturated heterocycles. The summed E-state index contributed by atoms with van der Waals surface area (Å²) in [6, 6.07) is 20.0. The third kappa shape index (κ3) is 3.62. The smallest absolute Gasteiger partial charge is 0.0310 e. The number of hydrogen-bond acceptors (Lipinski definition) is 1. The van der Waals surface area contributed by atoms with Gasteiger partial charge in [-0.3, -0.25) is 4.90 Å². The highest BCUT2D eigenvalue weighted by Gasteiger charge is 2.28. The van der Waals surface area contributed by atoms with Crippen molar-refractivity contribution in [2.45, 2.75) is 38.1 Å². The molecule has 0 amide bonds. The van der Waals surface area contributed by atoms with Gasteiger partial charge in [0.2, 0.25) is 0 Å². The Balaban J connectivity index is 1.52. The Bertz CT molecular complexity index is 750. The maximum Gasteiger partial charge on any atom is 0.0310 e. The molecule has 1 nitrogen and oxygen atoms in total. The lowest BCUT2D eigenvalue weighted by Gasteiger charge is -2.42. The monoisotopic (exact) mass is 329 g/mol. The van der Waals surface area contributed by atoms with E-state index in [1.807, 2.05) is 6.07 Å². The molecule has 1 aliphatic carbocycles. The maximum atomic E-state index is 4.27. The van der Waals surface area contributed by atoms with Crippen molar-refractivity contribution in [3.63, 3.8) is 0 Å². The highest BCUT2D eigenvalue weighted by Crippen LogP contribution is 2.32. The van der Waals surface area contributed by atoms with Crippen LogP contribution in [0.25, 0.3) is 11.6 Å². The van der Waals surface area contributed by atoms with Crippen LogP contribution in [0.5, 0.6) is 0 Å². The first-order valence-electron chi connectivity index (χ1n) is 9.60. The molecule has 1 aliphatic heterocycles. The molecular weight excluding hydrogens is 302 g/mol. The molecule has 1 unspecified atom stereocenters. The summed E-state index contributed by atoms with van der Waals surface area (Å²) in [7, 11) is 0. The maximum absolute atomic E-state index is 4.27. The van der Waals surface area contributed by atoms with Gasteiger partial charge in [0, 0.05) is 6.04 Å². The zero-order valence-electron chi connectivity index (χ0n) is 15.0. The van der Waals surface area contributed by atoms with E-state index in [0.29, 0.717) is 6.04 Å². The quantitative estimate of drug-likeness (QED) is 0.687. The fourth-order valence-corrected chi connectivity index (χ4v) is 4.06. The summed E-state index contributed by atoms with van der Waals surface area (Å²) >= 11 is 0. The van der Waals surface area contributed by atoms with Crippen molar-refractivity contribution in [1.29, 1.82) is 0 Å². The summed E-state index contributed by atoms with van der Waals surface area (Å²) in [5, 5.41) is 0. The molecule has 2 aliphatic rings. The van der Waals surface area contributed by atoms with Crippen molar-refractivity contribution >= 4 is 11.6 Å². The molecule has 1 heteroatoms. The molecular formula is C24H27N. The molecule has 0 bridgehead atoms. The van der Waals surface area contributed by atoms with E-state index in [4.69, 9.17) is 0 Å². The molecule has 2 aromatic rings. The number of nitrogens with zero attached hydrogens (tertiary/aromatic N) is 1. The molecule has 2 fully saturated rings. The lowest BCUT2D eigenvalue weighted by Crippen LogP contribution is -2.46. The number of hydrogen-bond donors (Lipinski definition) is 0. The molecule has 1 heterocycles. The Kier molecular flexibility index (Phi) is 4.85. The molecule has 0 radical (unpaired) electrons. The summed E-state index contributed by atoms with van der Waals surface area (Å²) in [6.45, 7) is 6.85. The fourth-order valence-electron chi connectivity index (χ4n) is 4.06. The highest BCUT2D eigenvalue weighted by atomic mass is 15.2. The summed E-state index contributed by atoms with van der Waals surface area (Å²) in [4.78, 5) is 2.66. The first-order valence-corrected chi connectivity index (χ1v) is 9.60. The van der Waals surface area contributed by atoms with Gasteiger partial charge in [0.25, 0.3) is 0 Å². The third-order valence-corrected chi connectivity index (χ3v) is 5.69. The van der Waals surface area contributed by atoms with E-state index in [2.05, 4.69) is 66.1 Å². The second-order valence-corrected chi connectivity index (χ2v) is 7.34. The van der Waals surface area contributed by atoms with E-state index in [9.17, 15) is 0 Å². The molecule has 0 N–H and O–H groups in total. The largest absolute Gasteiger partial charge is 0.297 e. The molecule has 128 valence electrons. The van der Waals surface area contributed by atoms with E-state index in [-0.39, 0.29) is 0 Å². The standard InChI is InChI=1S/C24H27N/c1-19(21-8-3-2-4-9-21)22-14-12-20(13-15-22)18-23-10-5-6-11-24(23)25-16-7-17-25/h2-4,8-9,12-15,18,24H,1,5-7,10-11,16-17H2. The van der Waals surface area contributed by atoms with Crippen LogP contribution in [-0.4, -0.2) is 24.0 Å². The van der Waals surface area contributed by atoms with E-state index in [1.165, 1.54) is 61.9 Å². The van der Waals surface area contributed by atoms with Gasteiger partial charge < -0.3 is 0 Å². The van der Waals surface area contributed by atoms with Crippen LogP contribution in [0, 0.1) is 0 Å². The van der Waals surface area contributed by atoms with Gasteiger partial charge in [-0.25, -0.2) is 0 Å². The van der Waals surface area contributed by atoms with Crippen LogP contribution in [0.3, 0.4) is 0 Å².